The molecule has 0 N–H and O–H groups in total. The lowest BCUT2D eigenvalue weighted by atomic mass is 9.61. The molecule has 0 saturated heterocycles. The zero-order valence-electron chi connectivity index (χ0n) is 23.6. The van der Waals surface area contributed by atoms with Crippen LogP contribution >= 0.6 is 0 Å². The molecule has 0 saturated carbocycles. The molecule has 0 amide bonds. The smallest absolute Gasteiger partial charge is 0.0426 e. The summed E-state index contributed by atoms with van der Waals surface area (Å²) in [5, 5.41) is 0. The van der Waals surface area contributed by atoms with Crippen LogP contribution in [0.4, 0.5) is 0 Å². The summed E-state index contributed by atoms with van der Waals surface area (Å²) in [5.41, 5.74) is 13.1. The summed E-state index contributed by atoms with van der Waals surface area (Å²) in [5.74, 6) is 0. The molecule has 5 rings (SSSR count). The maximum atomic E-state index is 4.15. The van der Waals surface area contributed by atoms with Gasteiger partial charge in [0.2, 0.25) is 0 Å². The summed E-state index contributed by atoms with van der Waals surface area (Å²) >= 11 is 0. The first-order valence-corrected chi connectivity index (χ1v) is 13.9. The Morgan fingerprint density at radius 1 is 0.811 bits per heavy atom. The van der Waals surface area contributed by atoms with E-state index >= 15 is 0 Å². The summed E-state index contributed by atoms with van der Waals surface area (Å²) in [6.07, 6.45) is 13.1. The van der Waals surface area contributed by atoms with E-state index in [1.165, 1.54) is 50.1 Å². The Kier molecular flexibility index (Phi) is 6.43. The van der Waals surface area contributed by atoms with Crippen LogP contribution in [0.5, 0.6) is 0 Å². The van der Waals surface area contributed by atoms with Crippen molar-refractivity contribution in [2.24, 2.45) is 0 Å². The van der Waals surface area contributed by atoms with Crippen LogP contribution in [0.25, 0.3) is 11.1 Å². The topological polar surface area (TPSA) is 0 Å². The Morgan fingerprint density at radius 3 is 2.16 bits per heavy atom. The molecular weight excluding hydrogens is 444 g/mol. The molecule has 190 valence electrons. The van der Waals surface area contributed by atoms with Crippen LogP contribution in [0.1, 0.15) is 94.2 Å². The maximum absolute atomic E-state index is 4.15. The first-order valence-electron chi connectivity index (χ1n) is 13.9. The van der Waals surface area contributed by atoms with Crippen molar-refractivity contribution in [3.05, 3.63) is 131 Å². The third-order valence-corrected chi connectivity index (χ3v) is 8.49. The highest BCUT2D eigenvalue weighted by molar-refractivity contribution is 5.81. The summed E-state index contributed by atoms with van der Waals surface area (Å²) in [6.45, 7) is 18.2. The third kappa shape index (κ3) is 4.35. The summed E-state index contributed by atoms with van der Waals surface area (Å²) in [6, 6.07) is 23.3. The van der Waals surface area contributed by atoms with E-state index in [0.717, 1.165) is 25.7 Å². The maximum Gasteiger partial charge on any atom is 0.0426 e. The zero-order chi connectivity index (χ0) is 26.4. The van der Waals surface area contributed by atoms with Crippen molar-refractivity contribution in [2.45, 2.75) is 83.5 Å². The van der Waals surface area contributed by atoms with Crippen LogP contribution in [0.2, 0.25) is 0 Å². The summed E-state index contributed by atoms with van der Waals surface area (Å²) < 4.78 is 0. The standard InChI is InChI=1S/C37H42/c1-8-9-23-37(28-17-13-14-18-28,27-15-11-10-12-16-27)34-32-25-26-24-29(35(2,3)4)19-20-30(26)31(32)21-22-33(34)36(5,6)7/h8,10-17,19-22,24H,1,9,18,23,25H2,2-7H3. The molecule has 0 heteroatoms. The Morgan fingerprint density at radius 2 is 1.54 bits per heavy atom. The fraction of sp³-hybridized carbons (Fsp3) is 0.351. The van der Waals surface area contributed by atoms with Crippen molar-refractivity contribution in [3.8, 4) is 11.1 Å². The Bertz CT molecular complexity index is 1380. The van der Waals surface area contributed by atoms with E-state index in [2.05, 4.69) is 133 Å². The predicted octanol–water partition coefficient (Wildman–Crippen LogP) is 9.99. The van der Waals surface area contributed by atoms with Crippen LogP contribution in [0.15, 0.2) is 97.1 Å². The molecule has 37 heavy (non-hydrogen) atoms. The van der Waals surface area contributed by atoms with Gasteiger partial charge < -0.3 is 0 Å². The van der Waals surface area contributed by atoms with E-state index < -0.39 is 0 Å². The van der Waals surface area contributed by atoms with Crippen molar-refractivity contribution < 1.29 is 0 Å². The number of rotatable bonds is 6. The fourth-order valence-electron chi connectivity index (χ4n) is 6.58. The lowest BCUT2D eigenvalue weighted by Gasteiger charge is -2.42. The average molecular weight is 487 g/mol. The molecule has 3 aromatic rings. The van der Waals surface area contributed by atoms with Crippen molar-refractivity contribution in [1.82, 2.24) is 0 Å². The van der Waals surface area contributed by atoms with Crippen molar-refractivity contribution in [3.63, 3.8) is 0 Å². The van der Waals surface area contributed by atoms with Crippen molar-refractivity contribution in [1.29, 1.82) is 0 Å². The second-order valence-corrected chi connectivity index (χ2v) is 13.0. The van der Waals surface area contributed by atoms with E-state index in [9.17, 15) is 0 Å². The minimum absolute atomic E-state index is 0.0243. The number of hydrogen-bond donors (Lipinski definition) is 0. The van der Waals surface area contributed by atoms with Gasteiger partial charge in [0.25, 0.3) is 0 Å². The molecule has 0 nitrogen and oxygen atoms in total. The van der Waals surface area contributed by atoms with Gasteiger partial charge in [0, 0.05) is 5.41 Å². The quantitative estimate of drug-likeness (QED) is 0.238. The zero-order valence-corrected chi connectivity index (χ0v) is 23.6. The third-order valence-electron chi connectivity index (χ3n) is 8.49. The van der Waals surface area contributed by atoms with Gasteiger partial charge in [-0.05, 0) is 81.0 Å². The molecule has 2 aliphatic carbocycles. The first kappa shape index (κ1) is 25.5. The lowest BCUT2D eigenvalue weighted by Crippen LogP contribution is -2.35. The highest BCUT2D eigenvalue weighted by atomic mass is 14.5. The van der Waals surface area contributed by atoms with Gasteiger partial charge in [0.15, 0.2) is 0 Å². The molecule has 0 radical (unpaired) electrons. The van der Waals surface area contributed by atoms with Crippen LogP contribution < -0.4 is 0 Å². The molecule has 0 aliphatic heterocycles. The molecule has 0 heterocycles. The monoisotopic (exact) mass is 486 g/mol. The summed E-state index contributed by atoms with van der Waals surface area (Å²) in [7, 11) is 0. The van der Waals surface area contributed by atoms with Crippen LogP contribution in [0, 0.1) is 0 Å². The van der Waals surface area contributed by atoms with Gasteiger partial charge in [-0.2, -0.15) is 0 Å². The minimum atomic E-state index is -0.193. The molecule has 0 spiro atoms. The molecule has 0 fully saturated rings. The van der Waals surface area contributed by atoms with Gasteiger partial charge >= 0.3 is 0 Å². The van der Waals surface area contributed by atoms with Crippen molar-refractivity contribution >= 4 is 0 Å². The highest BCUT2D eigenvalue weighted by Gasteiger charge is 2.43. The molecule has 2 aliphatic rings. The molecule has 3 aromatic carbocycles. The second kappa shape index (κ2) is 9.32. The number of fused-ring (bicyclic) bond motifs is 3. The number of hydrogen-bond acceptors (Lipinski definition) is 0. The van der Waals surface area contributed by atoms with Crippen LogP contribution in [0.3, 0.4) is 0 Å². The van der Waals surface area contributed by atoms with E-state index in [0.29, 0.717) is 0 Å². The van der Waals surface area contributed by atoms with Gasteiger partial charge in [-0.3, -0.25) is 0 Å². The normalized spacial score (nSPS) is 16.2. The molecule has 1 unspecified atom stereocenters. The molecule has 1 atom stereocenters. The molecule has 0 bridgehead atoms. The largest absolute Gasteiger partial charge is 0.103 e. The first-order chi connectivity index (χ1) is 17.6. The minimum Gasteiger partial charge on any atom is -0.103 e. The van der Waals surface area contributed by atoms with Gasteiger partial charge in [0.05, 0.1) is 0 Å². The van der Waals surface area contributed by atoms with E-state index in [4.69, 9.17) is 0 Å². The molecule has 0 aromatic heterocycles. The van der Waals surface area contributed by atoms with E-state index in [1.54, 1.807) is 0 Å². The lowest BCUT2D eigenvalue weighted by molar-refractivity contribution is 0.508. The van der Waals surface area contributed by atoms with Crippen LogP contribution in [-0.2, 0) is 22.7 Å². The van der Waals surface area contributed by atoms with Gasteiger partial charge in [-0.1, -0.05) is 132 Å². The number of benzene rings is 3. The Hall–Kier alpha value is -3.12. The van der Waals surface area contributed by atoms with Crippen molar-refractivity contribution in [2.75, 3.05) is 0 Å². The van der Waals surface area contributed by atoms with Crippen LogP contribution in [-0.4, -0.2) is 0 Å². The van der Waals surface area contributed by atoms with E-state index in [1.807, 2.05) is 0 Å². The SMILES string of the molecule is C=CCCC(C1=CC=CC1)(c1ccccc1)c1c(C(C)(C)C)ccc2c1Cc1cc(C(C)(C)C)ccc1-2. The average Bonchev–Trinajstić information content (AvgIpc) is 3.52. The van der Waals surface area contributed by atoms with Gasteiger partial charge in [-0.15, -0.1) is 6.58 Å². The van der Waals surface area contributed by atoms with Gasteiger partial charge in [0.1, 0.15) is 0 Å². The Balaban J connectivity index is 1.85. The highest BCUT2D eigenvalue weighted by Crippen LogP contribution is 2.54. The Labute approximate surface area is 224 Å². The predicted molar refractivity (Wildman–Crippen MR) is 161 cm³/mol. The fourth-order valence-corrected chi connectivity index (χ4v) is 6.58. The van der Waals surface area contributed by atoms with Gasteiger partial charge in [-0.25, -0.2) is 0 Å². The molecular formula is C37H42. The number of allylic oxidation sites excluding steroid dienone is 5. The van der Waals surface area contributed by atoms with E-state index in [-0.39, 0.29) is 16.2 Å². The second-order valence-electron chi connectivity index (χ2n) is 13.0. The summed E-state index contributed by atoms with van der Waals surface area (Å²) in [4.78, 5) is 0.